The molecule has 0 aliphatic carbocycles. The van der Waals surface area contributed by atoms with Crippen molar-refractivity contribution in [2.45, 2.75) is 46.1 Å². The average Bonchev–Trinajstić information content (AvgIpc) is 3.28. The molecule has 1 aliphatic rings. The molecule has 1 aliphatic heterocycles. The Labute approximate surface area is 229 Å². The van der Waals surface area contributed by atoms with Crippen LogP contribution in [-0.4, -0.2) is 66.0 Å². The second-order valence-corrected chi connectivity index (χ2v) is 11.7. The Morgan fingerprint density at radius 1 is 1.08 bits per heavy atom. The van der Waals surface area contributed by atoms with E-state index in [2.05, 4.69) is 81.7 Å². The van der Waals surface area contributed by atoms with E-state index in [-0.39, 0.29) is 17.2 Å². The number of pyridine rings is 1. The predicted octanol–water partition coefficient (Wildman–Crippen LogP) is 3.93. The predicted molar refractivity (Wildman–Crippen MR) is 154 cm³/mol. The minimum Gasteiger partial charge on any atom is -0.369 e. The zero-order valence-corrected chi connectivity index (χ0v) is 23.8. The number of amides is 2. The van der Waals surface area contributed by atoms with E-state index in [1.54, 1.807) is 6.20 Å². The van der Waals surface area contributed by atoms with Gasteiger partial charge in [-0.15, -0.1) is 11.3 Å². The van der Waals surface area contributed by atoms with Gasteiger partial charge < -0.3 is 19.7 Å². The van der Waals surface area contributed by atoms with Gasteiger partial charge in [0.25, 0.3) is 5.91 Å². The SMILES string of the molecule is CC(=O)NCCCn1c(-c2ccc(C(C)(C)C)cc2)csc1=NC(=O)c1cc(N2CCN(C)CC2)ccn1. The van der Waals surface area contributed by atoms with Crippen LogP contribution < -0.4 is 15.0 Å². The molecule has 0 spiro atoms. The van der Waals surface area contributed by atoms with Crippen molar-refractivity contribution in [3.8, 4) is 11.3 Å². The Hall–Kier alpha value is -3.30. The van der Waals surface area contributed by atoms with Gasteiger partial charge in [0.2, 0.25) is 5.91 Å². The Balaban J connectivity index is 1.63. The smallest absolute Gasteiger partial charge is 0.298 e. The second kappa shape index (κ2) is 12.0. The largest absolute Gasteiger partial charge is 0.369 e. The lowest BCUT2D eigenvalue weighted by atomic mass is 9.86. The summed E-state index contributed by atoms with van der Waals surface area (Å²) < 4.78 is 2.07. The van der Waals surface area contributed by atoms with E-state index >= 15 is 0 Å². The van der Waals surface area contributed by atoms with Crippen molar-refractivity contribution >= 4 is 28.8 Å². The van der Waals surface area contributed by atoms with E-state index in [0.29, 0.717) is 23.6 Å². The maximum Gasteiger partial charge on any atom is 0.298 e. The number of nitrogens with zero attached hydrogens (tertiary/aromatic N) is 5. The van der Waals surface area contributed by atoms with E-state index < -0.39 is 0 Å². The summed E-state index contributed by atoms with van der Waals surface area (Å²) in [5.41, 5.74) is 4.75. The third-order valence-corrected chi connectivity index (χ3v) is 7.67. The summed E-state index contributed by atoms with van der Waals surface area (Å²) in [7, 11) is 2.12. The number of carbonyl (C=O) groups is 2. The molecule has 0 unspecified atom stereocenters. The molecule has 2 amide bonds. The Morgan fingerprint density at radius 3 is 2.45 bits per heavy atom. The highest BCUT2D eigenvalue weighted by atomic mass is 32.1. The van der Waals surface area contributed by atoms with Crippen LogP contribution in [0, 0.1) is 0 Å². The van der Waals surface area contributed by atoms with Gasteiger partial charge in [0.1, 0.15) is 5.69 Å². The van der Waals surface area contributed by atoms with Crippen molar-refractivity contribution in [3.05, 3.63) is 64.0 Å². The lowest BCUT2D eigenvalue weighted by molar-refractivity contribution is -0.118. The van der Waals surface area contributed by atoms with E-state index in [1.807, 2.05) is 17.5 Å². The third-order valence-electron chi connectivity index (χ3n) is 6.81. The first-order valence-corrected chi connectivity index (χ1v) is 14.0. The topological polar surface area (TPSA) is 82.8 Å². The molecule has 0 saturated carbocycles. The first-order chi connectivity index (χ1) is 18.1. The monoisotopic (exact) mass is 534 g/mol. The van der Waals surface area contributed by atoms with Gasteiger partial charge in [-0.25, -0.2) is 0 Å². The summed E-state index contributed by atoms with van der Waals surface area (Å²) in [6.45, 7) is 13.1. The van der Waals surface area contributed by atoms with Gasteiger partial charge in [-0.05, 0) is 42.1 Å². The number of likely N-dealkylation sites (N-methyl/N-ethyl adjacent to an activating group) is 1. The zero-order valence-electron chi connectivity index (χ0n) is 23.0. The maximum absolute atomic E-state index is 13.3. The highest BCUT2D eigenvalue weighted by Gasteiger charge is 2.18. The van der Waals surface area contributed by atoms with Crippen LogP contribution in [0.5, 0.6) is 0 Å². The zero-order chi connectivity index (χ0) is 27.3. The van der Waals surface area contributed by atoms with E-state index in [4.69, 9.17) is 0 Å². The van der Waals surface area contributed by atoms with Crippen molar-refractivity contribution in [2.24, 2.45) is 4.99 Å². The van der Waals surface area contributed by atoms with Gasteiger partial charge >= 0.3 is 0 Å². The van der Waals surface area contributed by atoms with Crippen LogP contribution in [0.3, 0.4) is 0 Å². The van der Waals surface area contributed by atoms with Gasteiger partial charge in [-0.3, -0.25) is 14.6 Å². The van der Waals surface area contributed by atoms with Crippen molar-refractivity contribution in [1.82, 2.24) is 19.8 Å². The van der Waals surface area contributed by atoms with Gasteiger partial charge in [0.15, 0.2) is 4.80 Å². The molecule has 9 heteroatoms. The highest BCUT2D eigenvalue weighted by molar-refractivity contribution is 7.07. The molecule has 0 radical (unpaired) electrons. The summed E-state index contributed by atoms with van der Waals surface area (Å²) in [6.07, 6.45) is 2.41. The van der Waals surface area contributed by atoms with Crippen LogP contribution in [0.25, 0.3) is 11.3 Å². The fourth-order valence-corrected chi connectivity index (χ4v) is 5.38. The van der Waals surface area contributed by atoms with Crippen LogP contribution in [0.15, 0.2) is 53.0 Å². The van der Waals surface area contributed by atoms with E-state index in [1.165, 1.54) is 23.8 Å². The molecule has 1 saturated heterocycles. The number of carbonyl (C=O) groups excluding carboxylic acids is 2. The minimum absolute atomic E-state index is 0.0512. The lowest BCUT2D eigenvalue weighted by Gasteiger charge is -2.34. The van der Waals surface area contributed by atoms with Gasteiger partial charge in [0, 0.05) is 63.5 Å². The molecule has 38 heavy (non-hydrogen) atoms. The number of hydrogen-bond acceptors (Lipinski definition) is 6. The molecular formula is C29H38N6O2S. The van der Waals surface area contributed by atoms with Gasteiger partial charge in [-0.2, -0.15) is 4.99 Å². The van der Waals surface area contributed by atoms with Gasteiger partial charge in [0.05, 0.1) is 5.69 Å². The molecule has 202 valence electrons. The molecular weight excluding hydrogens is 496 g/mol. The quantitative estimate of drug-likeness (QED) is 0.465. The lowest BCUT2D eigenvalue weighted by Crippen LogP contribution is -2.44. The summed E-state index contributed by atoms with van der Waals surface area (Å²) in [6, 6.07) is 12.4. The van der Waals surface area contributed by atoms with Crippen LogP contribution in [0.4, 0.5) is 5.69 Å². The number of rotatable bonds is 7. The molecule has 3 heterocycles. The molecule has 1 fully saturated rings. The van der Waals surface area contributed by atoms with Crippen LogP contribution >= 0.6 is 11.3 Å². The number of hydrogen-bond donors (Lipinski definition) is 1. The Kier molecular flexibility index (Phi) is 8.79. The first kappa shape index (κ1) is 27.7. The molecule has 1 aromatic carbocycles. The van der Waals surface area contributed by atoms with E-state index in [9.17, 15) is 9.59 Å². The normalized spacial score (nSPS) is 15.1. The van der Waals surface area contributed by atoms with Crippen LogP contribution in [0.2, 0.25) is 0 Å². The molecule has 8 nitrogen and oxygen atoms in total. The Morgan fingerprint density at radius 2 is 1.79 bits per heavy atom. The van der Waals surface area contributed by atoms with Crippen molar-refractivity contribution < 1.29 is 9.59 Å². The fourth-order valence-electron chi connectivity index (χ4n) is 4.45. The number of nitrogens with one attached hydrogen (secondary N) is 1. The standard InChI is InChI=1S/C29H38N6O2S/c1-21(36)30-12-6-14-35-26(22-7-9-23(10-8-22)29(2,3)4)20-38-28(35)32-27(37)25-19-24(11-13-31-25)34-17-15-33(5)16-18-34/h7-11,13,19-20H,6,12,14-18H2,1-5H3,(H,30,36). The van der Waals surface area contributed by atoms with E-state index in [0.717, 1.165) is 49.5 Å². The number of piperazine rings is 1. The van der Waals surface area contributed by atoms with Crippen molar-refractivity contribution in [3.63, 3.8) is 0 Å². The summed E-state index contributed by atoms with van der Waals surface area (Å²) in [4.78, 5) is 38.6. The Bertz CT molecular complexity index is 1330. The summed E-state index contributed by atoms with van der Waals surface area (Å²) in [5, 5.41) is 4.90. The molecule has 4 rings (SSSR count). The van der Waals surface area contributed by atoms with Crippen molar-refractivity contribution in [2.75, 3.05) is 44.7 Å². The molecule has 0 bridgehead atoms. The second-order valence-electron chi connectivity index (χ2n) is 10.8. The van der Waals surface area contributed by atoms with Crippen molar-refractivity contribution in [1.29, 1.82) is 0 Å². The fraction of sp³-hybridized carbons (Fsp3) is 0.448. The molecule has 2 aromatic heterocycles. The van der Waals surface area contributed by atoms with Crippen LogP contribution in [0.1, 0.15) is 50.2 Å². The van der Waals surface area contributed by atoms with Crippen LogP contribution in [-0.2, 0) is 16.8 Å². The number of aromatic nitrogens is 2. The van der Waals surface area contributed by atoms with Gasteiger partial charge in [-0.1, -0.05) is 45.0 Å². The highest BCUT2D eigenvalue weighted by Crippen LogP contribution is 2.27. The summed E-state index contributed by atoms with van der Waals surface area (Å²) in [5.74, 6) is -0.405. The first-order valence-electron chi connectivity index (χ1n) is 13.1. The average molecular weight is 535 g/mol. The molecule has 1 N–H and O–H groups in total. The third kappa shape index (κ3) is 6.96. The number of thiazole rings is 1. The number of benzene rings is 1. The summed E-state index contributed by atoms with van der Waals surface area (Å²) >= 11 is 1.44. The molecule has 3 aromatic rings. The minimum atomic E-state index is -0.354. The number of anilines is 1. The molecule has 0 atom stereocenters. The maximum atomic E-state index is 13.3.